The second kappa shape index (κ2) is 8.12. The van der Waals surface area contributed by atoms with Crippen LogP contribution in [0.1, 0.15) is 0 Å². The highest BCUT2D eigenvalue weighted by Gasteiger charge is 2.31. The van der Waals surface area contributed by atoms with Crippen LogP contribution in [-0.2, 0) is 20.0 Å². The van der Waals surface area contributed by atoms with E-state index in [1.165, 1.54) is 30.5 Å². The lowest BCUT2D eigenvalue weighted by molar-refractivity contribution is -0.274. The Morgan fingerprint density at radius 1 is 0.833 bits per heavy atom. The topological polar surface area (TPSA) is 114 Å². The highest BCUT2D eigenvalue weighted by molar-refractivity contribution is 7.93. The molecule has 0 fully saturated rings. The SMILES string of the molecule is O=S(=O)(Nc1ccc(S(=O)(=O)Nc2nccs2)cc1)c1ccc(OC(F)(F)F)cc1. The summed E-state index contributed by atoms with van der Waals surface area (Å²) in [4.78, 5) is 3.39. The smallest absolute Gasteiger partial charge is 0.406 e. The van der Waals surface area contributed by atoms with E-state index >= 15 is 0 Å². The maximum Gasteiger partial charge on any atom is 0.573 e. The minimum Gasteiger partial charge on any atom is -0.406 e. The molecule has 2 aromatic carbocycles. The molecule has 0 saturated carbocycles. The first-order valence-electron chi connectivity index (χ1n) is 7.86. The number of rotatable bonds is 7. The molecule has 0 atom stereocenters. The summed E-state index contributed by atoms with van der Waals surface area (Å²) in [6.07, 6.45) is -3.46. The molecule has 2 N–H and O–H groups in total. The number of nitrogens with zero attached hydrogens (tertiary/aromatic N) is 1. The Bertz CT molecular complexity index is 1210. The van der Waals surface area contributed by atoms with Crippen LogP contribution in [0.3, 0.4) is 0 Å². The van der Waals surface area contributed by atoms with Crippen molar-refractivity contribution in [3.8, 4) is 5.75 Å². The van der Waals surface area contributed by atoms with Gasteiger partial charge in [0.2, 0.25) is 0 Å². The lowest BCUT2D eigenvalue weighted by Crippen LogP contribution is -2.17. The van der Waals surface area contributed by atoms with E-state index in [0.717, 1.165) is 35.6 Å². The number of aromatic nitrogens is 1. The number of halogens is 3. The maximum absolute atomic E-state index is 12.4. The molecule has 3 rings (SSSR count). The number of nitrogens with one attached hydrogen (secondary N) is 2. The van der Waals surface area contributed by atoms with Gasteiger partial charge in [0.05, 0.1) is 9.79 Å². The second-order valence-electron chi connectivity index (χ2n) is 5.59. The molecule has 14 heteroatoms. The predicted molar refractivity (Wildman–Crippen MR) is 103 cm³/mol. The lowest BCUT2D eigenvalue weighted by atomic mass is 10.3. The van der Waals surface area contributed by atoms with Crippen LogP contribution in [0, 0.1) is 0 Å². The molecule has 3 aromatic rings. The molecule has 0 aliphatic rings. The van der Waals surface area contributed by atoms with Gasteiger partial charge >= 0.3 is 6.36 Å². The molecule has 8 nitrogen and oxygen atoms in total. The zero-order valence-electron chi connectivity index (χ0n) is 14.6. The van der Waals surface area contributed by atoms with Gasteiger partial charge in [-0.05, 0) is 48.5 Å². The van der Waals surface area contributed by atoms with E-state index in [9.17, 15) is 30.0 Å². The number of benzene rings is 2. The molecule has 0 radical (unpaired) electrons. The summed E-state index contributed by atoms with van der Waals surface area (Å²) < 4.78 is 94.0. The Hall–Kier alpha value is -2.84. The van der Waals surface area contributed by atoms with Crippen LogP contribution in [0.25, 0.3) is 0 Å². The number of sulfonamides is 2. The first-order valence-corrected chi connectivity index (χ1v) is 11.7. The molecule has 1 aromatic heterocycles. The van der Waals surface area contributed by atoms with E-state index in [2.05, 4.69) is 19.2 Å². The highest BCUT2D eigenvalue weighted by Crippen LogP contribution is 2.25. The van der Waals surface area contributed by atoms with Crippen molar-refractivity contribution in [3.63, 3.8) is 0 Å². The molecule has 30 heavy (non-hydrogen) atoms. The molecule has 0 bridgehead atoms. The minimum absolute atomic E-state index is 0.0545. The Kier molecular flexibility index (Phi) is 5.92. The van der Waals surface area contributed by atoms with Gasteiger partial charge in [0.15, 0.2) is 5.13 Å². The fourth-order valence-electron chi connectivity index (χ4n) is 2.18. The van der Waals surface area contributed by atoms with E-state index in [1.54, 1.807) is 5.38 Å². The van der Waals surface area contributed by atoms with Gasteiger partial charge in [-0.15, -0.1) is 24.5 Å². The van der Waals surface area contributed by atoms with Gasteiger partial charge in [-0.1, -0.05) is 0 Å². The molecule has 0 spiro atoms. The zero-order chi connectivity index (χ0) is 22.0. The summed E-state index contributed by atoms with van der Waals surface area (Å²) in [6.45, 7) is 0. The fourth-order valence-corrected chi connectivity index (χ4v) is 5.03. The Morgan fingerprint density at radius 2 is 1.37 bits per heavy atom. The van der Waals surface area contributed by atoms with Gasteiger partial charge in [0.25, 0.3) is 20.0 Å². The Labute approximate surface area is 173 Å². The van der Waals surface area contributed by atoms with Crippen molar-refractivity contribution in [3.05, 3.63) is 60.1 Å². The molecule has 0 unspecified atom stereocenters. The molecule has 0 aliphatic carbocycles. The van der Waals surface area contributed by atoms with Gasteiger partial charge in [-0.2, -0.15) is 0 Å². The number of ether oxygens (including phenoxy) is 1. The minimum atomic E-state index is -4.89. The van der Waals surface area contributed by atoms with Crippen LogP contribution in [0.4, 0.5) is 24.0 Å². The van der Waals surface area contributed by atoms with Crippen molar-refractivity contribution in [2.75, 3.05) is 9.44 Å². The Balaban J connectivity index is 1.72. The molecule has 0 saturated heterocycles. The number of hydrogen-bond acceptors (Lipinski definition) is 7. The fraction of sp³-hybridized carbons (Fsp3) is 0.0625. The number of alkyl halides is 3. The summed E-state index contributed by atoms with van der Waals surface area (Å²) in [7, 11) is -8.02. The molecule has 160 valence electrons. The number of thiazole rings is 1. The van der Waals surface area contributed by atoms with E-state index in [-0.39, 0.29) is 20.6 Å². The second-order valence-corrected chi connectivity index (χ2v) is 9.85. The van der Waals surface area contributed by atoms with Crippen LogP contribution >= 0.6 is 11.3 Å². The molecule has 0 amide bonds. The Morgan fingerprint density at radius 3 is 1.87 bits per heavy atom. The monoisotopic (exact) mass is 479 g/mol. The molecular formula is C16H12F3N3O5S3. The zero-order valence-corrected chi connectivity index (χ0v) is 17.1. The maximum atomic E-state index is 12.4. The van der Waals surface area contributed by atoms with E-state index in [0.29, 0.717) is 0 Å². The van der Waals surface area contributed by atoms with Crippen LogP contribution in [0.15, 0.2) is 69.9 Å². The van der Waals surface area contributed by atoms with Crippen molar-refractivity contribution in [2.45, 2.75) is 16.2 Å². The molecular weight excluding hydrogens is 467 g/mol. The van der Waals surface area contributed by atoms with Crippen molar-refractivity contribution < 1.29 is 34.7 Å². The third-order valence-corrected chi connectivity index (χ3v) is 7.01. The number of hydrogen-bond donors (Lipinski definition) is 2. The standard InChI is InChI=1S/C16H12F3N3O5S3/c17-16(18,19)27-12-3-7-14(8-4-12)29(23,24)21-11-1-5-13(6-2-11)30(25,26)22-15-20-9-10-28-15/h1-10,21H,(H,20,22). The summed E-state index contributed by atoms with van der Waals surface area (Å²) in [5.41, 5.74) is 0.0545. The first-order chi connectivity index (χ1) is 13.9. The summed E-state index contributed by atoms with van der Waals surface area (Å²) in [5, 5.41) is 1.77. The van der Waals surface area contributed by atoms with Crippen LogP contribution in [0.2, 0.25) is 0 Å². The van der Waals surface area contributed by atoms with Gasteiger partial charge in [-0.25, -0.2) is 21.8 Å². The average Bonchev–Trinajstić information content (AvgIpc) is 3.13. The van der Waals surface area contributed by atoms with Crippen molar-refractivity contribution in [1.29, 1.82) is 0 Å². The van der Waals surface area contributed by atoms with E-state index in [4.69, 9.17) is 0 Å². The summed E-state index contributed by atoms with van der Waals surface area (Å²) >= 11 is 1.09. The predicted octanol–water partition coefficient (Wildman–Crippen LogP) is 3.64. The van der Waals surface area contributed by atoms with Gasteiger partial charge < -0.3 is 4.74 Å². The van der Waals surface area contributed by atoms with Gasteiger partial charge in [-0.3, -0.25) is 9.44 Å². The normalized spacial score (nSPS) is 12.4. The van der Waals surface area contributed by atoms with Crippen molar-refractivity contribution >= 4 is 42.2 Å². The highest BCUT2D eigenvalue weighted by atomic mass is 32.2. The third-order valence-electron chi connectivity index (χ3n) is 3.44. The van der Waals surface area contributed by atoms with Crippen LogP contribution in [0.5, 0.6) is 5.75 Å². The summed E-state index contributed by atoms with van der Waals surface area (Å²) in [6, 6.07) is 8.46. The van der Waals surface area contributed by atoms with Gasteiger partial charge in [0.1, 0.15) is 5.75 Å². The molecule has 0 aliphatic heterocycles. The van der Waals surface area contributed by atoms with E-state index in [1.807, 2.05) is 0 Å². The van der Waals surface area contributed by atoms with E-state index < -0.39 is 32.2 Å². The van der Waals surface area contributed by atoms with Crippen molar-refractivity contribution in [1.82, 2.24) is 4.98 Å². The quantitative estimate of drug-likeness (QED) is 0.535. The first kappa shape index (κ1) is 21.9. The van der Waals surface area contributed by atoms with Crippen LogP contribution < -0.4 is 14.2 Å². The average molecular weight is 479 g/mol. The summed E-state index contributed by atoms with van der Waals surface area (Å²) in [5.74, 6) is -0.566. The van der Waals surface area contributed by atoms with Gasteiger partial charge in [0, 0.05) is 17.3 Å². The van der Waals surface area contributed by atoms with Crippen molar-refractivity contribution in [2.24, 2.45) is 0 Å². The molecule has 1 heterocycles. The lowest BCUT2D eigenvalue weighted by Gasteiger charge is -2.11. The number of anilines is 2. The largest absolute Gasteiger partial charge is 0.573 e. The van der Waals surface area contributed by atoms with Crippen LogP contribution in [-0.4, -0.2) is 28.2 Å². The third kappa shape index (κ3) is 5.61.